The SMILES string of the molecule is CCc1cccc(CC(NC(=O)CCS(C)(=O)=O)B(O)O)c1. The molecule has 0 spiro atoms. The molecule has 0 aliphatic heterocycles. The zero-order valence-corrected chi connectivity index (χ0v) is 13.6. The van der Waals surface area contributed by atoms with Crippen molar-refractivity contribution >= 4 is 22.9 Å². The Morgan fingerprint density at radius 3 is 2.50 bits per heavy atom. The number of benzene rings is 1. The molecule has 0 fully saturated rings. The zero-order valence-electron chi connectivity index (χ0n) is 12.8. The van der Waals surface area contributed by atoms with Crippen LogP contribution < -0.4 is 5.32 Å². The van der Waals surface area contributed by atoms with Gasteiger partial charge in [0.1, 0.15) is 9.84 Å². The van der Waals surface area contributed by atoms with Crippen LogP contribution in [0.1, 0.15) is 24.5 Å². The number of hydrogen-bond donors (Lipinski definition) is 3. The molecular weight excluding hydrogens is 305 g/mol. The molecule has 1 unspecified atom stereocenters. The van der Waals surface area contributed by atoms with Crippen LogP contribution in [0.4, 0.5) is 0 Å². The van der Waals surface area contributed by atoms with Crippen LogP contribution in [0.2, 0.25) is 0 Å². The average molecular weight is 327 g/mol. The molecule has 1 amide bonds. The zero-order chi connectivity index (χ0) is 16.8. The van der Waals surface area contributed by atoms with Crippen molar-refractivity contribution in [3.8, 4) is 0 Å². The van der Waals surface area contributed by atoms with Crippen LogP contribution in [0.25, 0.3) is 0 Å². The molecule has 1 rings (SSSR count). The van der Waals surface area contributed by atoms with Gasteiger partial charge >= 0.3 is 7.12 Å². The van der Waals surface area contributed by atoms with Gasteiger partial charge in [0.25, 0.3) is 0 Å². The predicted molar refractivity (Wildman–Crippen MR) is 86.0 cm³/mol. The molecule has 8 heteroatoms. The lowest BCUT2D eigenvalue weighted by Crippen LogP contribution is -2.48. The molecule has 0 radical (unpaired) electrons. The molecule has 0 aromatic heterocycles. The number of carbonyl (C=O) groups excluding carboxylic acids is 1. The molecule has 3 N–H and O–H groups in total. The van der Waals surface area contributed by atoms with Gasteiger partial charge in [0, 0.05) is 12.7 Å². The second kappa shape index (κ2) is 8.31. The standard InChI is InChI=1S/C14H22BNO5S/c1-3-11-5-4-6-12(9-11)10-13(15(18)19)16-14(17)7-8-22(2,20)21/h4-6,9,13,18-19H,3,7-8,10H2,1-2H3,(H,16,17). The highest BCUT2D eigenvalue weighted by Gasteiger charge is 2.25. The van der Waals surface area contributed by atoms with Gasteiger partial charge in [-0.25, -0.2) is 8.42 Å². The van der Waals surface area contributed by atoms with E-state index in [0.29, 0.717) is 0 Å². The topological polar surface area (TPSA) is 104 Å². The van der Waals surface area contributed by atoms with Crippen molar-refractivity contribution in [3.63, 3.8) is 0 Å². The molecule has 22 heavy (non-hydrogen) atoms. The molecule has 0 aliphatic rings. The second-order valence-electron chi connectivity index (χ2n) is 5.35. The van der Waals surface area contributed by atoms with E-state index in [1.165, 1.54) is 0 Å². The van der Waals surface area contributed by atoms with E-state index >= 15 is 0 Å². The lowest BCUT2D eigenvalue weighted by atomic mass is 9.75. The maximum Gasteiger partial charge on any atom is 0.475 e. The lowest BCUT2D eigenvalue weighted by molar-refractivity contribution is -0.121. The molecule has 0 saturated carbocycles. The Morgan fingerprint density at radius 2 is 1.95 bits per heavy atom. The first-order valence-electron chi connectivity index (χ1n) is 7.12. The summed E-state index contributed by atoms with van der Waals surface area (Å²) >= 11 is 0. The maximum absolute atomic E-state index is 11.7. The Kier molecular flexibility index (Phi) is 7.05. The van der Waals surface area contributed by atoms with Crippen LogP contribution >= 0.6 is 0 Å². The highest BCUT2D eigenvalue weighted by Crippen LogP contribution is 2.09. The van der Waals surface area contributed by atoms with Crippen LogP contribution in [0.3, 0.4) is 0 Å². The number of sulfone groups is 1. The van der Waals surface area contributed by atoms with Crippen LogP contribution in [-0.2, 0) is 27.5 Å². The van der Waals surface area contributed by atoms with Crippen molar-refractivity contribution in [2.24, 2.45) is 0 Å². The Hall–Kier alpha value is -1.38. The second-order valence-corrected chi connectivity index (χ2v) is 7.60. The van der Waals surface area contributed by atoms with Gasteiger partial charge < -0.3 is 15.4 Å². The van der Waals surface area contributed by atoms with Crippen molar-refractivity contribution in [1.82, 2.24) is 5.32 Å². The molecule has 1 atom stereocenters. The monoisotopic (exact) mass is 327 g/mol. The van der Waals surface area contributed by atoms with Crippen molar-refractivity contribution in [1.29, 1.82) is 0 Å². The van der Waals surface area contributed by atoms with Gasteiger partial charge in [-0.1, -0.05) is 31.2 Å². The smallest absolute Gasteiger partial charge is 0.426 e. The lowest BCUT2D eigenvalue weighted by Gasteiger charge is -2.18. The van der Waals surface area contributed by atoms with E-state index in [1.807, 2.05) is 31.2 Å². The minimum Gasteiger partial charge on any atom is -0.426 e. The summed E-state index contributed by atoms with van der Waals surface area (Å²) in [4.78, 5) is 11.7. The van der Waals surface area contributed by atoms with Crippen LogP contribution in [0.5, 0.6) is 0 Å². The van der Waals surface area contributed by atoms with E-state index in [4.69, 9.17) is 0 Å². The number of nitrogens with one attached hydrogen (secondary N) is 1. The molecule has 1 aromatic carbocycles. The van der Waals surface area contributed by atoms with Crippen molar-refractivity contribution < 1.29 is 23.3 Å². The normalized spacial score (nSPS) is 12.7. The molecule has 122 valence electrons. The minimum atomic E-state index is -3.23. The summed E-state index contributed by atoms with van der Waals surface area (Å²) < 4.78 is 22.1. The van der Waals surface area contributed by atoms with Crippen LogP contribution in [0.15, 0.2) is 24.3 Å². The van der Waals surface area contributed by atoms with Crippen molar-refractivity contribution in [3.05, 3.63) is 35.4 Å². The summed E-state index contributed by atoms with van der Waals surface area (Å²) in [5.74, 6) is -1.66. The van der Waals surface area contributed by atoms with Crippen LogP contribution in [0, 0.1) is 0 Å². The van der Waals surface area contributed by atoms with Gasteiger partial charge in [-0.15, -0.1) is 0 Å². The summed E-state index contributed by atoms with van der Waals surface area (Å²) in [6, 6.07) is 7.63. The third-order valence-corrected chi connectivity index (χ3v) is 4.21. The molecule has 0 bridgehead atoms. The first-order valence-corrected chi connectivity index (χ1v) is 9.18. The summed E-state index contributed by atoms with van der Waals surface area (Å²) in [7, 11) is -4.94. The molecule has 1 aromatic rings. The van der Waals surface area contributed by atoms with Gasteiger partial charge in [-0.3, -0.25) is 4.79 Å². The quantitative estimate of drug-likeness (QED) is 0.570. The van der Waals surface area contributed by atoms with Gasteiger partial charge in [0.2, 0.25) is 5.91 Å². The third-order valence-electron chi connectivity index (χ3n) is 3.26. The molecular formula is C14H22BNO5S. The fraction of sp³-hybridized carbons (Fsp3) is 0.500. The Morgan fingerprint density at radius 1 is 1.32 bits per heavy atom. The predicted octanol–water partition coefficient (Wildman–Crippen LogP) is -0.277. The fourth-order valence-corrected chi connectivity index (χ4v) is 2.57. The van der Waals surface area contributed by atoms with E-state index in [2.05, 4.69) is 5.32 Å². The van der Waals surface area contributed by atoms with E-state index < -0.39 is 28.8 Å². The maximum atomic E-state index is 11.7. The largest absolute Gasteiger partial charge is 0.475 e. The first kappa shape index (κ1) is 18.7. The summed E-state index contributed by atoms with van der Waals surface area (Å²) in [6.45, 7) is 2.02. The number of rotatable bonds is 8. The highest BCUT2D eigenvalue weighted by atomic mass is 32.2. The minimum absolute atomic E-state index is 0.197. The Bertz CT molecular complexity index is 603. The third kappa shape index (κ3) is 7.06. The summed E-state index contributed by atoms with van der Waals surface area (Å²) in [5, 5.41) is 21.3. The molecule has 0 aliphatic carbocycles. The van der Waals surface area contributed by atoms with Crippen LogP contribution in [-0.4, -0.2) is 49.4 Å². The Labute approximate surface area is 131 Å². The van der Waals surface area contributed by atoms with E-state index in [1.54, 1.807) is 0 Å². The summed E-state index contributed by atoms with van der Waals surface area (Å²) in [5.41, 5.74) is 1.99. The molecule has 0 saturated heterocycles. The van der Waals surface area contributed by atoms with E-state index in [0.717, 1.165) is 23.8 Å². The van der Waals surface area contributed by atoms with E-state index in [9.17, 15) is 23.3 Å². The number of hydrogen-bond acceptors (Lipinski definition) is 5. The molecule has 6 nitrogen and oxygen atoms in total. The van der Waals surface area contributed by atoms with E-state index in [-0.39, 0.29) is 18.6 Å². The van der Waals surface area contributed by atoms with Gasteiger partial charge in [-0.05, 0) is 24.0 Å². The molecule has 0 heterocycles. The summed E-state index contributed by atoms with van der Waals surface area (Å²) in [6.07, 6.45) is 1.98. The average Bonchev–Trinajstić information content (AvgIpc) is 2.44. The Balaban J connectivity index is 2.67. The number of aryl methyl sites for hydroxylation is 1. The fourth-order valence-electron chi connectivity index (χ4n) is 2.02. The first-order chi connectivity index (χ1) is 10.2. The van der Waals surface area contributed by atoms with Crippen molar-refractivity contribution in [2.75, 3.05) is 12.0 Å². The highest BCUT2D eigenvalue weighted by molar-refractivity contribution is 7.90. The van der Waals surface area contributed by atoms with Gasteiger partial charge in [0.05, 0.1) is 11.7 Å². The number of carbonyl (C=O) groups is 1. The van der Waals surface area contributed by atoms with Gasteiger partial charge in [0.15, 0.2) is 0 Å². The van der Waals surface area contributed by atoms with Gasteiger partial charge in [-0.2, -0.15) is 0 Å². The number of amides is 1. The van der Waals surface area contributed by atoms with Crippen molar-refractivity contribution in [2.45, 2.75) is 32.1 Å².